The van der Waals surface area contributed by atoms with E-state index in [9.17, 15) is 14.0 Å². The summed E-state index contributed by atoms with van der Waals surface area (Å²) in [5.74, 6) is 0.189. The van der Waals surface area contributed by atoms with Gasteiger partial charge in [-0.3, -0.25) is 13.9 Å². The van der Waals surface area contributed by atoms with Crippen LogP contribution in [-0.4, -0.2) is 43.6 Å². The monoisotopic (exact) mass is 418 g/mol. The number of rotatable bonds is 7. The molecule has 31 heavy (non-hydrogen) atoms. The van der Waals surface area contributed by atoms with E-state index in [2.05, 4.69) is 9.97 Å². The third-order valence-corrected chi connectivity index (χ3v) is 5.08. The highest BCUT2D eigenvalue weighted by atomic mass is 18.2. The zero-order valence-corrected chi connectivity index (χ0v) is 17.1. The molecule has 0 aliphatic carbocycles. The highest BCUT2D eigenvalue weighted by Crippen LogP contribution is 2.18. The lowest BCUT2D eigenvalue weighted by Gasteiger charge is -2.17. The minimum Gasteiger partial charge on any atom is -0.340 e. The van der Waals surface area contributed by atoms with Crippen molar-refractivity contribution in [2.45, 2.75) is 19.6 Å². The van der Waals surface area contributed by atoms with Crippen LogP contribution in [-0.2, 0) is 24.4 Å². The number of halogens is 1. The molecule has 0 N–H and O–H groups in total. The number of imidazole rings is 1. The van der Waals surface area contributed by atoms with Gasteiger partial charge in [-0.15, -0.1) is 0 Å². The van der Waals surface area contributed by atoms with Gasteiger partial charge in [-0.1, -0.05) is 60.7 Å². The van der Waals surface area contributed by atoms with Crippen LogP contribution in [0.3, 0.4) is 0 Å². The molecule has 0 aliphatic rings. The third kappa shape index (κ3) is 4.23. The summed E-state index contributed by atoms with van der Waals surface area (Å²) in [7, 11) is 1.69. The number of nitrogens with zero attached hydrogens (tertiary/aromatic N) is 5. The molecular weight excluding hydrogens is 396 g/mol. The van der Waals surface area contributed by atoms with Gasteiger partial charge in [0.2, 0.25) is 5.91 Å². The summed E-state index contributed by atoms with van der Waals surface area (Å²) >= 11 is 0. The van der Waals surface area contributed by atoms with Gasteiger partial charge in [0.1, 0.15) is 18.7 Å². The molecule has 0 saturated heterocycles. The standard InChI is InChI=1S/C23H22FN5O2/c1-27(15-17-8-4-2-5-9-17)20(30)16-29-22-19(28(13-12-24)23(29)31)14-25-21(26-22)18-10-6-3-7-11-18/h2-11,14H,12-13,15-16H2,1H3/i24-1. The van der Waals surface area contributed by atoms with Gasteiger partial charge in [0.05, 0.1) is 12.7 Å². The lowest BCUT2D eigenvalue weighted by molar-refractivity contribution is -0.131. The van der Waals surface area contributed by atoms with E-state index in [4.69, 9.17) is 0 Å². The molecule has 4 rings (SSSR count). The average molecular weight is 418 g/mol. The van der Waals surface area contributed by atoms with Crippen LogP contribution < -0.4 is 5.69 Å². The number of aryl methyl sites for hydroxylation is 1. The molecular formula is C23H22FN5O2. The van der Waals surface area contributed by atoms with Crippen LogP contribution in [0.5, 0.6) is 0 Å². The van der Waals surface area contributed by atoms with Crippen LogP contribution in [0.1, 0.15) is 5.56 Å². The summed E-state index contributed by atoms with van der Waals surface area (Å²) in [6, 6.07) is 18.9. The first-order valence-corrected chi connectivity index (χ1v) is 9.94. The molecule has 4 aromatic rings. The summed E-state index contributed by atoms with van der Waals surface area (Å²) in [4.78, 5) is 36.3. The Hall–Kier alpha value is -3.81. The molecule has 2 aromatic carbocycles. The molecule has 2 aromatic heterocycles. The van der Waals surface area contributed by atoms with Gasteiger partial charge < -0.3 is 4.90 Å². The fourth-order valence-electron chi connectivity index (χ4n) is 3.47. The third-order valence-electron chi connectivity index (χ3n) is 5.08. The topological polar surface area (TPSA) is 73.0 Å². The van der Waals surface area contributed by atoms with E-state index in [0.29, 0.717) is 23.5 Å². The lowest BCUT2D eigenvalue weighted by Crippen LogP contribution is -2.34. The fourth-order valence-corrected chi connectivity index (χ4v) is 3.47. The predicted molar refractivity (Wildman–Crippen MR) is 116 cm³/mol. The largest absolute Gasteiger partial charge is 0.340 e. The van der Waals surface area contributed by atoms with Crippen molar-refractivity contribution in [3.05, 3.63) is 82.9 Å². The Balaban J connectivity index is 1.70. The van der Waals surface area contributed by atoms with Crippen LogP contribution in [0.25, 0.3) is 22.6 Å². The first kappa shape index (κ1) is 20.5. The quantitative estimate of drug-likeness (QED) is 0.463. The van der Waals surface area contributed by atoms with E-state index in [-0.39, 0.29) is 19.0 Å². The predicted octanol–water partition coefficient (Wildman–Crippen LogP) is 2.89. The van der Waals surface area contributed by atoms with Gasteiger partial charge in [-0.2, -0.15) is 0 Å². The molecule has 0 bridgehead atoms. The van der Waals surface area contributed by atoms with Crippen LogP contribution in [0.4, 0.5) is 4.39 Å². The Morgan fingerprint density at radius 2 is 1.71 bits per heavy atom. The molecule has 7 nitrogen and oxygen atoms in total. The molecule has 0 aliphatic heterocycles. The Morgan fingerprint density at radius 1 is 1.03 bits per heavy atom. The van der Waals surface area contributed by atoms with Gasteiger partial charge in [0, 0.05) is 19.2 Å². The number of carbonyl (C=O) groups excluding carboxylic acids is 1. The average Bonchev–Trinajstić information content (AvgIpc) is 3.06. The number of hydrogen-bond donors (Lipinski definition) is 0. The number of fused-ring (bicyclic) bond motifs is 1. The van der Waals surface area contributed by atoms with Crippen LogP contribution in [0.15, 0.2) is 71.7 Å². The number of benzene rings is 2. The normalized spacial score (nSPS) is 11.0. The Morgan fingerprint density at radius 3 is 2.39 bits per heavy atom. The summed E-state index contributed by atoms with van der Waals surface area (Å²) in [6.07, 6.45) is 1.51. The molecule has 0 unspecified atom stereocenters. The fraction of sp³-hybridized carbons (Fsp3) is 0.217. The van der Waals surface area contributed by atoms with E-state index in [1.54, 1.807) is 11.9 Å². The second kappa shape index (κ2) is 8.91. The van der Waals surface area contributed by atoms with Crippen molar-refractivity contribution in [3.63, 3.8) is 0 Å². The molecule has 1 amide bonds. The minimum atomic E-state index is -0.707. The number of alkyl halides is 1. The van der Waals surface area contributed by atoms with Crippen molar-refractivity contribution in [2.75, 3.05) is 13.7 Å². The summed E-state index contributed by atoms with van der Waals surface area (Å²) < 4.78 is 15.7. The Kier molecular flexibility index (Phi) is 5.88. The lowest BCUT2D eigenvalue weighted by atomic mass is 10.2. The number of amides is 1. The number of hydrogen-bond acceptors (Lipinski definition) is 4. The van der Waals surface area contributed by atoms with Gasteiger partial charge in [0.25, 0.3) is 0 Å². The summed E-state index contributed by atoms with van der Waals surface area (Å²) in [5.41, 5.74) is 2.01. The van der Waals surface area contributed by atoms with Crippen LogP contribution >= 0.6 is 0 Å². The highest BCUT2D eigenvalue weighted by Gasteiger charge is 2.20. The van der Waals surface area contributed by atoms with Crippen LogP contribution in [0.2, 0.25) is 0 Å². The van der Waals surface area contributed by atoms with E-state index in [1.165, 1.54) is 15.3 Å². The van der Waals surface area contributed by atoms with Gasteiger partial charge in [-0.25, -0.2) is 19.2 Å². The maximum absolute atomic E-state index is 13.1. The highest BCUT2D eigenvalue weighted by molar-refractivity contribution is 5.79. The number of carbonyl (C=O) groups is 1. The minimum absolute atomic E-state index is 0.121. The van der Waals surface area contributed by atoms with Crippen molar-refractivity contribution < 1.29 is 9.18 Å². The molecule has 0 saturated carbocycles. The zero-order chi connectivity index (χ0) is 21.8. The van der Waals surface area contributed by atoms with Crippen molar-refractivity contribution in [1.82, 2.24) is 24.0 Å². The molecule has 0 spiro atoms. The summed E-state index contributed by atoms with van der Waals surface area (Å²) in [6.45, 7) is -0.600. The van der Waals surface area contributed by atoms with Crippen LogP contribution in [0, 0.1) is 0 Å². The van der Waals surface area contributed by atoms with Gasteiger partial charge in [-0.05, 0) is 5.56 Å². The zero-order valence-electron chi connectivity index (χ0n) is 17.1. The van der Waals surface area contributed by atoms with Crippen molar-refractivity contribution in [2.24, 2.45) is 0 Å². The Bertz CT molecular complexity index is 1250. The van der Waals surface area contributed by atoms with Gasteiger partial charge in [0.15, 0.2) is 11.5 Å². The second-order valence-electron chi connectivity index (χ2n) is 7.21. The molecule has 0 fully saturated rings. The molecule has 158 valence electrons. The first-order chi connectivity index (χ1) is 15.1. The van der Waals surface area contributed by atoms with Crippen molar-refractivity contribution in [3.8, 4) is 11.4 Å². The van der Waals surface area contributed by atoms with Crippen molar-refractivity contribution >= 4 is 17.1 Å². The summed E-state index contributed by atoms with van der Waals surface area (Å²) in [5, 5.41) is 0. The molecule has 8 heteroatoms. The number of aromatic nitrogens is 4. The van der Waals surface area contributed by atoms with E-state index in [0.717, 1.165) is 11.1 Å². The smallest absolute Gasteiger partial charge is 0.330 e. The van der Waals surface area contributed by atoms with E-state index < -0.39 is 12.4 Å². The maximum atomic E-state index is 13.1. The van der Waals surface area contributed by atoms with E-state index >= 15 is 0 Å². The molecule has 0 atom stereocenters. The SMILES string of the molecule is CN(Cc1ccccc1)C(=O)Cn1c(=O)n(CC[18F])c2cnc(-c3ccccc3)nc21. The molecule has 2 heterocycles. The Labute approximate surface area is 178 Å². The second-order valence-corrected chi connectivity index (χ2v) is 7.21. The number of likely N-dealkylation sites (N-methyl/N-ethyl adjacent to an activating group) is 1. The first-order valence-electron chi connectivity index (χ1n) is 9.94. The maximum Gasteiger partial charge on any atom is 0.330 e. The van der Waals surface area contributed by atoms with Gasteiger partial charge >= 0.3 is 5.69 Å². The van der Waals surface area contributed by atoms with Crippen molar-refractivity contribution in [1.29, 1.82) is 0 Å². The van der Waals surface area contributed by atoms with E-state index in [1.807, 2.05) is 60.7 Å². The molecule has 0 radical (unpaired) electrons.